The molecular weight excluding hydrogens is 344 g/mol. The summed E-state index contributed by atoms with van der Waals surface area (Å²) in [4.78, 5) is 21.5. The largest absolute Gasteiger partial charge is 0.497 e. The maximum atomic E-state index is 11.6. The fourth-order valence-electron chi connectivity index (χ4n) is 3.67. The summed E-state index contributed by atoms with van der Waals surface area (Å²) in [6.45, 7) is 5.20. The molecule has 27 heavy (non-hydrogen) atoms. The number of benzene rings is 1. The second-order valence-corrected chi connectivity index (χ2v) is 7.37. The third-order valence-electron chi connectivity index (χ3n) is 5.37. The summed E-state index contributed by atoms with van der Waals surface area (Å²) in [5.41, 5.74) is 1.09. The molecule has 0 unspecified atom stereocenters. The monoisotopic (exact) mass is 376 g/mol. The lowest BCUT2D eigenvalue weighted by Crippen LogP contribution is -2.14. The number of hydrogen-bond acceptors (Lipinski definition) is 5. The average Bonchev–Trinajstić information content (AvgIpc) is 2.71. The quantitative estimate of drug-likeness (QED) is 0.271. The molecule has 1 aliphatic carbocycles. The molecule has 0 spiro atoms. The zero-order chi connectivity index (χ0) is 19.6. The van der Waals surface area contributed by atoms with Gasteiger partial charge in [0.25, 0.3) is 0 Å². The van der Waals surface area contributed by atoms with E-state index in [0.29, 0.717) is 17.4 Å². The van der Waals surface area contributed by atoms with Crippen LogP contribution in [0.15, 0.2) is 30.4 Å². The number of aliphatic hydroxyl groups excluding tert-OH is 1. The first kappa shape index (κ1) is 21.3. The molecule has 5 nitrogen and oxygen atoms in total. The Morgan fingerprint density at radius 2 is 1.85 bits per heavy atom. The Labute approximate surface area is 162 Å². The van der Waals surface area contributed by atoms with Crippen LogP contribution in [0, 0.1) is 5.92 Å². The lowest BCUT2D eigenvalue weighted by Gasteiger charge is -2.29. The third-order valence-corrected chi connectivity index (χ3v) is 5.37. The van der Waals surface area contributed by atoms with Crippen LogP contribution in [0.25, 0.3) is 0 Å². The molecule has 1 aromatic rings. The summed E-state index contributed by atoms with van der Waals surface area (Å²) in [6, 6.07) is 5.61. The number of rotatable bonds is 10. The van der Waals surface area contributed by atoms with E-state index in [0.717, 1.165) is 24.3 Å². The highest BCUT2D eigenvalue weighted by molar-refractivity contribution is 5.87. The molecule has 150 valence electrons. The van der Waals surface area contributed by atoms with E-state index < -0.39 is 12.6 Å². The zero-order valence-corrected chi connectivity index (χ0v) is 16.5. The molecule has 1 fully saturated rings. The lowest BCUT2D eigenvalue weighted by molar-refractivity contribution is -0.209. The first-order valence-electron chi connectivity index (χ1n) is 9.93. The molecule has 0 heterocycles. The van der Waals surface area contributed by atoms with E-state index in [4.69, 9.17) is 19.6 Å². The number of carbonyl (C=O) groups excluding carboxylic acids is 1. The topological polar surface area (TPSA) is 65.0 Å². The molecule has 0 amide bonds. The number of methoxy groups -OCH3 is 1. The molecule has 1 saturated carbocycles. The van der Waals surface area contributed by atoms with Gasteiger partial charge in [-0.1, -0.05) is 39.2 Å². The Balaban J connectivity index is 1.96. The van der Waals surface area contributed by atoms with Crippen LogP contribution in [0.1, 0.15) is 69.8 Å². The van der Waals surface area contributed by atoms with E-state index in [2.05, 4.69) is 13.5 Å². The minimum absolute atomic E-state index is 0.0560. The van der Waals surface area contributed by atoms with Crippen LogP contribution in [-0.2, 0) is 9.68 Å². The van der Waals surface area contributed by atoms with Gasteiger partial charge in [0.15, 0.2) is 5.75 Å². The van der Waals surface area contributed by atoms with Gasteiger partial charge in [-0.25, -0.2) is 9.68 Å². The predicted molar refractivity (Wildman–Crippen MR) is 105 cm³/mol. The van der Waals surface area contributed by atoms with Gasteiger partial charge in [-0.15, -0.1) is 0 Å². The SMILES string of the molecule is C=C(CO)C(=O)OOc1cc(OC)cc(C2CCC(CCCCC)CC2)c1. The molecule has 0 radical (unpaired) electrons. The Morgan fingerprint density at radius 1 is 1.15 bits per heavy atom. The van der Waals surface area contributed by atoms with E-state index >= 15 is 0 Å². The molecule has 5 heteroatoms. The van der Waals surface area contributed by atoms with Crippen molar-refractivity contribution >= 4 is 5.97 Å². The number of unbranched alkanes of at least 4 members (excludes halogenated alkanes) is 2. The Hall–Kier alpha value is -2.01. The van der Waals surface area contributed by atoms with E-state index in [-0.39, 0.29) is 5.57 Å². The first-order chi connectivity index (χ1) is 13.1. The van der Waals surface area contributed by atoms with E-state index in [9.17, 15) is 4.79 Å². The molecule has 1 aliphatic rings. The van der Waals surface area contributed by atoms with Crippen molar-refractivity contribution in [2.45, 2.75) is 64.2 Å². The molecule has 0 atom stereocenters. The number of carbonyl (C=O) groups is 1. The number of ether oxygens (including phenoxy) is 1. The van der Waals surface area contributed by atoms with Gasteiger partial charge in [-0.3, -0.25) is 4.89 Å². The van der Waals surface area contributed by atoms with Crippen molar-refractivity contribution in [1.29, 1.82) is 0 Å². The second-order valence-electron chi connectivity index (χ2n) is 7.37. The van der Waals surface area contributed by atoms with Crippen LogP contribution in [0.5, 0.6) is 11.5 Å². The van der Waals surface area contributed by atoms with Crippen LogP contribution >= 0.6 is 0 Å². The van der Waals surface area contributed by atoms with E-state index in [1.807, 2.05) is 12.1 Å². The average molecular weight is 376 g/mol. The Bertz CT molecular complexity index is 617. The van der Waals surface area contributed by atoms with Crippen molar-refractivity contribution in [3.05, 3.63) is 35.9 Å². The van der Waals surface area contributed by atoms with Gasteiger partial charge < -0.3 is 9.84 Å². The Kier molecular flexibility index (Phi) is 8.65. The lowest BCUT2D eigenvalue weighted by atomic mass is 9.77. The molecule has 0 aliphatic heterocycles. The van der Waals surface area contributed by atoms with E-state index in [1.54, 1.807) is 13.2 Å². The summed E-state index contributed by atoms with van der Waals surface area (Å²) in [5, 5.41) is 8.91. The molecule has 1 N–H and O–H groups in total. The number of aliphatic hydroxyl groups is 1. The summed E-state index contributed by atoms with van der Waals surface area (Å²) in [7, 11) is 1.60. The first-order valence-corrected chi connectivity index (χ1v) is 9.93. The highest BCUT2D eigenvalue weighted by atomic mass is 17.2. The maximum absolute atomic E-state index is 11.6. The van der Waals surface area contributed by atoms with Crippen LogP contribution in [0.3, 0.4) is 0 Å². The fraction of sp³-hybridized carbons (Fsp3) is 0.591. The van der Waals surface area contributed by atoms with Gasteiger partial charge in [0.2, 0.25) is 0 Å². The predicted octanol–water partition coefficient (Wildman–Crippen LogP) is 4.93. The third kappa shape index (κ3) is 6.58. The maximum Gasteiger partial charge on any atom is 0.383 e. The molecule has 0 bridgehead atoms. The van der Waals surface area contributed by atoms with Crippen molar-refractivity contribution in [2.24, 2.45) is 5.92 Å². The smallest absolute Gasteiger partial charge is 0.383 e. The van der Waals surface area contributed by atoms with E-state index in [1.165, 1.54) is 38.5 Å². The van der Waals surface area contributed by atoms with Crippen molar-refractivity contribution in [3.63, 3.8) is 0 Å². The van der Waals surface area contributed by atoms with Gasteiger partial charge in [0.05, 0.1) is 19.3 Å². The summed E-state index contributed by atoms with van der Waals surface area (Å²) in [5.74, 6) is 1.61. The molecule has 0 saturated heterocycles. The molecular formula is C22H32O5. The number of hydrogen-bond donors (Lipinski definition) is 1. The van der Waals surface area contributed by atoms with Crippen molar-refractivity contribution < 1.29 is 24.4 Å². The van der Waals surface area contributed by atoms with Crippen molar-refractivity contribution in [2.75, 3.05) is 13.7 Å². The minimum Gasteiger partial charge on any atom is -0.497 e. The highest BCUT2D eigenvalue weighted by Crippen LogP contribution is 2.40. The standard InChI is InChI=1S/C22H32O5/c1-4-5-6-7-17-8-10-18(11-9-17)19-12-20(25-3)14-21(13-19)26-27-22(24)16(2)15-23/h12-14,17-18,23H,2,4-11,15H2,1,3H3. The molecule has 0 aromatic heterocycles. The van der Waals surface area contributed by atoms with Gasteiger partial charge in [-0.2, -0.15) is 0 Å². The zero-order valence-electron chi connectivity index (χ0n) is 16.5. The van der Waals surface area contributed by atoms with Crippen molar-refractivity contribution in [1.82, 2.24) is 0 Å². The minimum atomic E-state index is -0.783. The summed E-state index contributed by atoms with van der Waals surface area (Å²) in [6.07, 6.45) is 10.1. The van der Waals surface area contributed by atoms with Gasteiger partial charge in [0.1, 0.15) is 5.75 Å². The molecule has 1 aromatic carbocycles. The fourth-order valence-corrected chi connectivity index (χ4v) is 3.67. The summed E-state index contributed by atoms with van der Waals surface area (Å²) >= 11 is 0. The second kappa shape index (κ2) is 11.0. The van der Waals surface area contributed by atoms with Crippen LogP contribution in [-0.4, -0.2) is 24.8 Å². The summed E-state index contributed by atoms with van der Waals surface area (Å²) < 4.78 is 5.37. The van der Waals surface area contributed by atoms with Crippen LogP contribution < -0.4 is 9.62 Å². The van der Waals surface area contributed by atoms with Crippen LogP contribution in [0.4, 0.5) is 0 Å². The van der Waals surface area contributed by atoms with Gasteiger partial charge in [-0.05, 0) is 55.2 Å². The normalized spacial score (nSPS) is 19.4. The van der Waals surface area contributed by atoms with Gasteiger partial charge >= 0.3 is 5.97 Å². The highest BCUT2D eigenvalue weighted by Gasteiger charge is 2.23. The Morgan fingerprint density at radius 3 is 2.48 bits per heavy atom. The van der Waals surface area contributed by atoms with Crippen LogP contribution in [0.2, 0.25) is 0 Å². The molecule has 2 rings (SSSR count). The van der Waals surface area contributed by atoms with Crippen molar-refractivity contribution in [3.8, 4) is 11.5 Å². The van der Waals surface area contributed by atoms with Gasteiger partial charge in [0, 0.05) is 6.07 Å².